The van der Waals surface area contributed by atoms with Crippen LogP contribution in [-0.4, -0.2) is 54.9 Å². The van der Waals surface area contributed by atoms with E-state index in [2.05, 4.69) is 20.0 Å². The van der Waals surface area contributed by atoms with Crippen LogP contribution in [0.4, 0.5) is 20.2 Å². The zero-order chi connectivity index (χ0) is 27.7. The number of methoxy groups -OCH3 is 1. The lowest BCUT2D eigenvalue weighted by atomic mass is 10.0. The maximum absolute atomic E-state index is 15.0. The fraction of sp³-hybridized carbons (Fsp3) is 0.240. The Balaban J connectivity index is 0.00000370. The molecular weight excluding hydrogens is 568 g/mol. The van der Waals surface area contributed by atoms with Crippen molar-refractivity contribution < 1.29 is 26.7 Å². The molecule has 1 fully saturated rings. The number of aromatic nitrogens is 3. The molecule has 15 heteroatoms. The number of hydrogen-bond donors (Lipinski definition) is 3. The molecule has 1 saturated heterocycles. The van der Waals surface area contributed by atoms with Gasteiger partial charge in [0.15, 0.2) is 5.65 Å². The van der Waals surface area contributed by atoms with Crippen LogP contribution in [0.2, 0.25) is 0 Å². The molecule has 0 bridgehead atoms. The van der Waals surface area contributed by atoms with Crippen molar-refractivity contribution in [2.45, 2.75) is 18.9 Å². The highest BCUT2D eigenvalue weighted by molar-refractivity contribution is 7.87. The Labute approximate surface area is 235 Å². The minimum absolute atomic E-state index is 0. The fourth-order valence-corrected chi connectivity index (χ4v) is 5.39. The van der Waals surface area contributed by atoms with E-state index in [1.165, 1.54) is 43.8 Å². The van der Waals surface area contributed by atoms with E-state index >= 15 is 4.39 Å². The summed E-state index contributed by atoms with van der Waals surface area (Å²) in [5, 5.41) is 7.79. The Morgan fingerprint density at radius 1 is 1.12 bits per heavy atom. The lowest BCUT2D eigenvalue weighted by molar-refractivity contribution is 0.102. The minimum atomic E-state index is -3.86. The van der Waals surface area contributed by atoms with Crippen LogP contribution >= 0.6 is 12.4 Å². The van der Waals surface area contributed by atoms with Crippen molar-refractivity contribution in [2.24, 2.45) is 5.14 Å². The molecule has 0 unspecified atom stereocenters. The van der Waals surface area contributed by atoms with Crippen molar-refractivity contribution in [3.05, 3.63) is 72.3 Å². The predicted molar refractivity (Wildman–Crippen MR) is 148 cm³/mol. The number of nitrogens with zero attached hydrogens (tertiary/aromatic N) is 4. The van der Waals surface area contributed by atoms with Gasteiger partial charge in [0.2, 0.25) is 0 Å². The number of para-hydroxylation sites is 1. The molecule has 3 heterocycles. The number of amides is 1. The van der Waals surface area contributed by atoms with Gasteiger partial charge < -0.3 is 19.4 Å². The van der Waals surface area contributed by atoms with Crippen molar-refractivity contribution in [1.29, 1.82) is 0 Å². The molecule has 11 nitrogen and oxygen atoms in total. The van der Waals surface area contributed by atoms with Gasteiger partial charge in [-0.2, -0.15) is 13.1 Å². The average molecular weight is 594 g/mol. The molecule has 2 aromatic carbocycles. The monoisotopic (exact) mass is 593 g/mol. The fourth-order valence-electron chi connectivity index (χ4n) is 4.69. The highest BCUT2D eigenvalue weighted by atomic mass is 35.5. The van der Waals surface area contributed by atoms with Gasteiger partial charge in [0.1, 0.15) is 28.8 Å². The molecule has 2 aromatic heterocycles. The van der Waals surface area contributed by atoms with Gasteiger partial charge in [-0.15, -0.1) is 12.4 Å². The summed E-state index contributed by atoms with van der Waals surface area (Å²) in [4.78, 5) is 23.8. The van der Waals surface area contributed by atoms with Crippen LogP contribution in [0.15, 0.2) is 55.0 Å². The van der Waals surface area contributed by atoms with Crippen LogP contribution in [-0.2, 0) is 10.2 Å². The first-order chi connectivity index (χ1) is 18.6. The number of carbonyl (C=O) groups excluding carboxylic acids is 1. The van der Waals surface area contributed by atoms with Crippen LogP contribution in [0.5, 0.6) is 5.75 Å². The van der Waals surface area contributed by atoms with Gasteiger partial charge in [0.05, 0.1) is 24.0 Å². The normalized spacial score (nSPS) is 14.2. The van der Waals surface area contributed by atoms with E-state index in [0.29, 0.717) is 31.6 Å². The lowest BCUT2D eigenvalue weighted by Gasteiger charge is -2.34. The summed E-state index contributed by atoms with van der Waals surface area (Å²) in [6, 6.07) is 8.25. The van der Waals surface area contributed by atoms with Crippen LogP contribution < -0.4 is 24.8 Å². The molecule has 4 aromatic rings. The first kappa shape index (κ1) is 29.1. The first-order valence-electron chi connectivity index (χ1n) is 12.0. The van der Waals surface area contributed by atoms with E-state index in [1.54, 1.807) is 27.6 Å². The molecule has 4 N–H and O–H groups in total. The summed E-state index contributed by atoms with van der Waals surface area (Å²) in [7, 11) is -2.46. The SMILES string of the molecule is COc1cccc(F)c1-c1nc(C(=O)Nc2cccc(F)c2N2CCC(NS(N)(=O)=O)CC2)cn2ccnc12.Cl. The molecule has 0 saturated carbocycles. The van der Waals surface area contributed by atoms with E-state index in [-0.39, 0.29) is 52.5 Å². The Morgan fingerprint density at radius 2 is 1.82 bits per heavy atom. The molecule has 1 amide bonds. The number of fused-ring (bicyclic) bond motifs is 1. The van der Waals surface area contributed by atoms with Gasteiger partial charge in [-0.1, -0.05) is 12.1 Å². The largest absolute Gasteiger partial charge is 0.496 e. The highest BCUT2D eigenvalue weighted by Crippen LogP contribution is 2.35. The molecule has 0 aliphatic carbocycles. The van der Waals surface area contributed by atoms with Gasteiger partial charge in [-0.05, 0) is 37.1 Å². The maximum Gasteiger partial charge on any atom is 0.275 e. The van der Waals surface area contributed by atoms with Crippen LogP contribution in [0.25, 0.3) is 16.9 Å². The summed E-state index contributed by atoms with van der Waals surface area (Å²) in [5.74, 6) is -1.59. The second-order valence-electron chi connectivity index (χ2n) is 8.96. The molecule has 1 aliphatic rings. The number of anilines is 2. The van der Waals surface area contributed by atoms with E-state index in [4.69, 9.17) is 9.88 Å². The molecule has 0 atom stereocenters. The smallest absolute Gasteiger partial charge is 0.275 e. The number of imidazole rings is 1. The molecule has 1 aliphatic heterocycles. The minimum Gasteiger partial charge on any atom is -0.496 e. The van der Waals surface area contributed by atoms with Crippen molar-refractivity contribution >= 4 is 45.5 Å². The van der Waals surface area contributed by atoms with Crippen molar-refractivity contribution in [1.82, 2.24) is 19.1 Å². The van der Waals surface area contributed by atoms with E-state index in [9.17, 15) is 17.6 Å². The van der Waals surface area contributed by atoms with Gasteiger partial charge >= 0.3 is 0 Å². The van der Waals surface area contributed by atoms with Crippen LogP contribution in [0.3, 0.4) is 0 Å². The van der Waals surface area contributed by atoms with Crippen molar-refractivity contribution in [3.63, 3.8) is 0 Å². The zero-order valence-corrected chi connectivity index (χ0v) is 22.8. The second kappa shape index (κ2) is 11.7. The third kappa shape index (κ3) is 5.99. The number of halogens is 3. The number of rotatable bonds is 7. The van der Waals surface area contributed by atoms with E-state index < -0.39 is 27.8 Å². The third-order valence-corrected chi connectivity index (χ3v) is 7.08. The van der Waals surface area contributed by atoms with Crippen molar-refractivity contribution in [2.75, 3.05) is 30.4 Å². The number of nitrogens with one attached hydrogen (secondary N) is 2. The second-order valence-corrected chi connectivity index (χ2v) is 10.3. The number of piperidine rings is 1. The summed E-state index contributed by atoms with van der Waals surface area (Å²) in [5.41, 5.74) is 0.777. The standard InChI is InChI=1S/C25H25F2N7O4S.ClH/c1-38-20-7-3-4-16(26)21(20)22-24-29-10-13-34(24)14-19(30-22)25(35)31-18-6-2-5-17(27)23(18)33-11-8-15(9-12-33)32-39(28,36)37;/h2-7,10,13-15,32H,8-9,11-12H2,1H3,(H,31,35)(H2,28,36,37);1H. The van der Waals surface area contributed by atoms with Crippen LogP contribution in [0, 0.1) is 11.6 Å². The van der Waals surface area contributed by atoms with Gasteiger partial charge in [0.25, 0.3) is 16.1 Å². The Bertz CT molecular complexity index is 1660. The Kier molecular flexibility index (Phi) is 8.54. The predicted octanol–water partition coefficient (Wildman–Crippen LogP) is 3.12. The molecule has 0 spiro atoms. The lowest BCUT2D eigenvalue weighted by Crippen LogP contribution is -2.47. The number of carbonyl (C=O) groups is 1. The topological polar surface area (TPSA) is 144 Å². The third-order valence-electron chi connectivity index (χ3n) is 6.42. The summed E-state index contributed by atoms with van der Waals surface area (Å²) >= 11 is 0. The summed E-state index contributed by atoms with van der Waals surface area (Å²) in [6.45, 7) is 0.654. The van der Waals surface area contributed by atoms with E-state index in [0.717, 1.165) is 0 Å². The molecular formula is C25H26ClF2N7O4S. The van der Waals surface area contributed by atoms with Crippen molar-refractivity contribution in [3.8, 4) is 17.0 Å². The van der Waals surface area contributed by atoms with Crippen LogP contribution in [0.1, 0.15) is 23.3 Å². The highest BCUT2D eigenvalue weighted by Gasteiger charge is 2.27. The summed E-state index contributed by atoms with van der Waals surface area (Å²) < 4.78 is 61.9. The molecule has 5 rings (SSSR count). The van der Waals surface area contributed by atoms with Gasteiger partial charge in [-0.25, -0.2) is 23.9 Å². The number of hydrogen-bond acceptors (Lipinski definition) is 7. The van der Waals surface area contributed by atoms with Gasteiger partial charge in [0, 0.05) is 37.7 Å². The molecule has 212 valence electrons. The Morgan fingerprint density at radius 3 is 2.52 bits per heavy atom. The first-order valence-corrected chi connectivity index (χ1v) is 13.5. The Hall–Kier alpha value is -3.85. The number of benzene rings is 2. The maximum atomic E-state index is 15.0. The number of ether oxygens (including phenoxy) is 1. The average Bonchev–Trinajstić information content (AvgIpc) is 3.37. The van der Waals surface area contributed by atoms with E-state index in [1.807, 2.05) is 0 Å². The quantitative estimate of drug-likeness (QED) is 0.299. The number of nitrogens with two attached hydrogens (primary N) is 1. The molecule has 0 radical (unpaired) electrons. The summed E-state index contributed by atoms with van der Waals surface area (Å²) in [6.07, 6.45) is 5.32. The molecule has 40 heavy (non-hydrogen) atoms. The van der Waals surface area contributed by atoms with Gasteiger partial charge in [-0.3, -0.25) is 4.79 Å². The zero-order valence-electron chi connectivity index (χ0n) is 21.2.